The first-order valence-electron chi connectivity index (χ1n) is 6.98. The Balaban J connectivity index is 2.24. The molecule has 0 N–H and O–H groups in total. The summed E-state index contributed by atoms with van der Waals surface area (Å²) in [5, 5.41) is 5.22. The lowest BCUT2D eigenvalue weighted by atomic mass is 10.1. The highest BCUT2D eigenvalue weighted by Gasteiger charge is 2.15. The molecule has 0 fully saturated rings. The standard InChI is InChI=1S/C17H15FN2O3/c1-22-10-20-15-7-6-12(17(21)23-2)9-14(15)16(19-20)11-4-3-5-13(18)8-11/h3-9H,10H2,1-2H3. The van der Waals surface area contributed by atoms with Crippen molar-refractivity contribution in [3.63, 3.8) is 0 Å². The Morgan fingerprint density at radius 3 is 2.74 bits per heavy atom. The van der Waals surface area contributed by atoms with Gasteiger partial charge >= 0.3 is 5.97 Å². The molecule has 0 saturated heterocycles. The van der Waals surface area contributed by atoms with Crippen LogP contribution in [0.25, 0.3) is 22.2 Å². The van der Waals surface area contributed by atoms with Crippen molar-refractivity contribution in [3.05, 3.63) is 53.8 Å². The van der Waals surface area contributed by atoms with Crippen LogP contribution < -0.4 is 0 Å². The van der Waals surface area contributed by atoms with Crippen LogP contribution in [0, 0.1) is 5.82 Å². The van der Waals surface area contributed by atoms with Crippen LogP contribution in [-0.2, 0) is 16.2 Å². The zero-order valence-electron chi connectivity index (χ0n) is 12.7. The molecule has 0 saturated carbocycles. The molecule has 1 heterocycles. The van der Waals surface area contributed by atoms with E-state index >= 15 is 0 Å². The summed E-state index contributed by atoms with van der Waals surface area (Å²) in [4.78, 5) is 11.8. The van der Waals surface area contributed by atoms with E-state index in [-0.39, 0.29) is 12.5 Å². The van der Waals surface area contributed by atoms with Crippen molar-refractivity contribution in [2.45, 2.75) is 6.73 Å². The van der Waals surface area contributed by atoms with Gasteiger partial charge in [0.2, 0.25) is 0 Å². The Kier molecular flexibility index (Phi) is 4.08. The molecule has 0 amide bonds. The first-order chi connectivity index (χ1) is 11.1. The molecule has 0 aliphatic heterocycles. The lowest BCUT2D eigenvalue weighted by Gasteiger charge is -2.02. The first-order valence-corrected chi connectivity index (χ1v) is 6.98. The lowest BCUT2D eigenvalue weighted by Crippen LogP contribution is -2.02. The van der Waals surface area contributed by atoms with Gasteiger partial charge in [-0.1, -0.05) is 12.1 Å². The van der Waals surface area contributed by atoms with Gasteiger partial charge in [0.05, 0.1) is 18.2 Å². The number of rotatable bonds is 4. The average Bonchev–Trinajstić information content (AvgIpc) is 2.92. The largest absolute Gasteiger partial charge is 0.465 e. The molecular formula is C17H15FN2O3. The highest BCUT2D eigenvalue weighted by Crippen LogP contribution is 2.29. The minimum absolute atomic E-state index is 0.253. The number of fused-ring (bicyclic) bond motifs is 1. The molecule has 0 atom stereocenters. The summed E-state index contributed by atoms with van der Waals surface area (Å²) in [5.74, 6) is -0.780. The maximum absolute atomic E-state index is 13.5. The maximum atomic E-state index is 13.5. The number of methoxy groups -OCH3 is 2. The summed E-state index contributed by atoms with van der Waals surface area (Å²) in [5.41, 5.74) is 2.42. The van der Waals surface area contributed by atoms with Crippen LogP contribution in [-0.4, -0.2) is 30.0 Å². The van der Waals surface area contributed by atoms with Crippen LogP contribution in [0.1, 0.15) is 10.4 Å². The summed E-state index contributed by atoms with van der Waals surface area (Å²) >= 11 is 0. The molecule has 23 heavy (non-hydrogen) atoms. The third-order valence-electron chi connectivity index (χ3n) is 3.52. The van der Waals surface area contributed by atoms with Gasteiger partial charge < -0.3 is 9.47 Å². The highest BCUT2D eigenvalue weighted by molar-refractivity contribution is 5.99. The zero-order valence-corrected chi connectivity index (χ0v) is 12.7. The number of ether oxygens (including phenoxy) is 2. The Morgan fingerprint density at radius 2 is 2.04 bits per heavy atom. The molecule has 0 unspecified atom stereocenters. The van der Waals surface area contributed by atoms with E-state index in [0.29, 0.717) is 16.8 Å². The van der Waals surface area contributed by atoms with E-state index in [2.05, 4.69) is 5.10 Å². The monoisotopic (exact) mass is 314 g/mol. The fourth-order valence-corrected chi connectivity index (χ4v) is 2.49. The molecule has 5 nitrogen and oxygen atoms in total. The van der Waals surface area contributed by atoms with E-state index in [1.54, 1.807) is 42.1 Å². The van der Waals surface area contributed by atoms with Crippen LogP contribution >= 0.6 is 0 Å². The predicted octanol–water partition coefficient (Wildman–Crippen LogP) is 3.23. The minimum Gasteiger partial charge on any atom is -0.465 e. The van der Waals surface area contributed by atoms with Crippen molar-refractivity contribution in [1.82, 2.24) is 9.78 Å². The molecule has 0 bridgehead atoms. The Morgan fingerprint density at radius 1 is 1.22 bits per heavy atom. The number of aromatic nitrogens is 2. The number of esters is 1. The van der Waals surface area contributed by atoms with Crippen LogP contribution in [0.2, 0.25) is 0 Å². The zero-order chi connectivity index (χ0) is 16.4. The van der Waals surface area contributed by atoms with E-state index in [9.17, 15) is 9.18 Å². The number of carbonyl (C=O) groups is 1. The Hall–Kier alpha value is -2.73. The maximum Gasteiger partial charge on any atom is 0.337 e. The Bertz CT molecular complexity index is 873. The van der Waals surface area contributed by atoms with Gasteiger partial charge in [-0.2, -0.15) is 5.10 Å². The number of hydrogen-bond acceptors (Lipinski definition) is 4. The Labute approximate surface area is 132 Å². The van der Waals surface area contributed by atoms with Gasteiger partial charge in [-0.25, -0.2) is 13.9 Å². The molecule has 3 aromatic rings. The summed E-state index contributed by atoms with van der Waals surface area (Å²) in [7, 11) is 2.90. The van der Waals surface area contributed by atoms with Crippen molar-refractivity contribution >= 4 is 16.9 Å². The number of hydrogen-bond donors (Lipinski definition) is 0. The molecule has 0 spiro atoms. The van der Waals surface area contributed by atoms with Gasteiger partial charge in [-0.3, -0.25) is 0 Å². The van der Waals surface area contributed by atoms with Gasteiger partial charge in [-0.05, 0) is 30.3 Å². The topological polar surface area (TPSA) is 53.4 Å². The van der Waals surface area contributed by atoms with Crippen LogP contribution in [0.4, 0.5) is 4.39 Å². The van der Waals surface area contributed by atoms with Crippen LogP contribution in [0.3, 0.4) is 0 Å². The van der Waals surface area contributed by atoms with Crippen LogP contribution in [0.5, 0.6) is 0 Å². The molecule has 6 heteroatoms. The SMILES string of the molecule is COCn1nc(-c2cccc(F)c2)c2cc(C(=O)OC)ccc21. The summed E-state index contributed by atoms with van der Waals surface area (Å²) in [6.07, 6.45) is 0. The third kappa shape index (κ3) is 2.80. The molecule has 2 aromatic carbocycles. The van der Waals surface area contributed by atoms with Gasteiger partial charge in [0.25, 0.3) is 0 Å². The molecule has 0 aliphatic rings. The molecule has 0 radical (unpaired) electrons. The van der Waals surface area contributed by atoms with E-state index in [4.69, 9.17) is 9.47 Å². The van der Waals surface area contributed by atoms with E-state index in [0.717, 1.165) is 10.9 Å². The van der Waals surface area contributed by atoms with Gasteiger partial charge in [-0.15, -0.1) is 0 Å². The molecule has 118 valence electrons. The van der Waals surface area contributed by atoms with Crippen molar-refractivity contribution in [2.75, 3.05) is 14.2 Å². The number of benzene rings is 2. The summed E-state index contributed by atoms with van der Waals surface area (Å²) in [6, 6.07) is 11.3. The fraction of sp³-hybridized carbons (Fsp3) is 0.176. The quantitative estimate of drug-likeness (QED) is 0.694. The molecule has 1 aromatic heterocycles. The number of carbonyl (C=O) groups excluding carboxylic acids is 1. The second kappa shape index (κ2) is 6.18. The normalized spacial score (nSPS) is 10.9. The van der Waals surface area contributed by atoms with E-state index in [1.165, 1.54) is 19.2 Å². The third-order valence-corrected chi connectivity index (χ3v) is 3.52. The van der Waals surface area contributed by atoms with E-state index < -0.39 is 5.97 Å². The molecular weight excluding hydrogens is 299 g/mol. The van der Waals surface area contributed by atoms with Crippen molar-refractivity contribution in [2.24, 2.45) is 0 Å². The van der Waals surface area contributed by atoms with Gasteiger partial charge in [0.1, 0.15) is 18.2 Å². The van der Waals surface area contributed by atoms with Crippen molar-refractivity contribution in [1.29, 1.82) is 0 Å². The minimum atomic E-state index is -0.434. The smallest absolute Gasteiger partial charge is 0.337 e. The van der Waals surface area contributed by atoms with Gasteiger partial charge in [0, 0.05) is 18.1 Å². The number of nitrogens with zero attached hydrogens (tertiary/aromatic N) is 2. The highest BCUT2D eigenvalue weighted by atomic mass is 19.1. The molecule has 3 rings (SSSR count). The second-order valence-electron chi connectivity index (χ2n) is 5.00. The predicted molar refractivity (Wildman–Crippen MR) is 83.5 cm³/mol. The fourth-order valence-electron chi connectivity index (χ4n) is 2.49. The van der Waals surface area contributed by atoms with Gasteiger partial charge in [0.15, 0.2) is 0 Å². The summed E-state index contributed by atoms with van der Waals surface area (Å²) < 4.78 is 25.1. The van der Waals surface area contributed by atoms with Crippen molar-refractivity contribution < 1.29 is 18.7 Å². The second-order valence-corrected chi connectivity index (χ2v) is 5.00. The first kappa shape index (κ1) is 15.2. The molecule has 0 aliphatic carbocycles. The number of halogens is 1. The van der Waals surface area contributed by atoms with Crippen molar-refractivity contribution in [3.8, 4) is 11.3 Å². The lowest BCUT2D eigenvalue weighted by molar-refractivity contribution is 0.0601. The van der Waals surface area contributed by atoms with E-state index in [1.807, 2.05) is 0 Å². The average molecular weight is 314 g/mol. The summed E-state index contributed by atoms with van der Waals surface area (Å²) in [6.45, 7) is 0.253. The van der Waals surface area contributed by atoms with Crippen LogP contribution in [0.15, 0.2) is 42.5 Å².